The van der Waals surface area contributed by atoms with Gasteiger partial charge < -0.3 is 19.2 Å². The number of aromatic amines is 1. The average Bonchev–Trinajstić information content (AvgIpc) is 3.19. The molecular formula is C26H35N2O3P. The molecule has 1 saturated heterocycles. The number of hydrogen-bond donors (Lipinski definition) is 1. The summed E-state index contributed by atoms with van der Waals surface area (Å²) in [6, 6.07) is 4.96. The molecule has 0 aliphatic carbocycles. The van der Waals surface area contributed by atoms with Gasteiger partial charge in [-0.25, -0.2) is 0 Å². The number of nitrogens with one attached hydrogen (secondary N) is 1. The molecule has 1 aromatic heterocycles. The van der Waals surface area contributed by atoms with Crippen molar-refractivity contribution in [2.45, 2.75) is 45.3 Å². The fraction of sp³-hybridized carbons (Fsp3) is 0.538. The van der Waals surface area contributed by atoms with E-state index in [4.69, 9.17) is 14.2 Å². The van der Waals surface area contributed by atoms with Gasteiger partial charge in [0.15, 0.2) is 0 Å². The fourth-order valence-corrected chi connectivity index (χ4v) is 6.77. The molecule has 0 amide bonds. The largest absolute Gasteiger partial charge is 0.498 e. The monoisotopic (exact) mass is 454 g/mol. The molecule has 4 unspecified atom stereocenters. The van der Waals surface area contributed by atoms with Crippen molar-refractivity contribution in [2.24, 2.45) is 11.8 Å². The average molecular weight is 455 g/mol. The Hall–Kier alpha value is -1.97. The minimum absolute atomic E-state index is 0.228. The molecule has 0 saturated carbocycles. The highest BCUT2D eigenvalue weighted by Crippen LogP contribution is 2.49. The van der Waals surface area contributed by atoms with E-state index in [0.717, 1.165) is 43.9 Å². The van der Waals surface area contributed by atoms with Crippen LogP contribution in [0.3, 0.4) is 0 Å². The number of allylic oxidation sites excluding steroid dienone is 2. The zero-order valence-corrected chi connectivity index (χ0v) is 20.8. The van der Waals surface area contributed by atoms with E-state index < -0.39 is 0 Å². The number of methoxy groups -OCH3 is 2. The lowest BCUT2D eigenvalue weighted by Gasteiger charge is -2.49. The van der Waals surface area contributed by atoms with E-state index in [0.29, 0.717) is 26.5 Å². The number of piperidine rings is 1. The highest BCUT2D eigenvalue weighted by molar-refractivity contribution is 7.46. The Kier molecular flexibility index (Phi) is 5.98. The van der Waals surface area contributed by atoms with E-state index in [1.165, 1.54) is 33.0 Å². The minimum atomic E-state index is 0.228. The van der Waals surface area contributed by atoms with Crippen LogP contribution in [0.4, 0.5) is 0 Å². The van der Waals surface area contributed by atoms with Gasteiger partial charge in [-0.15, -0.1) is 0 Å². The van der Waals surface area contributed by atoms with Crippen molar-refractivity contribution < 1.29 is 14.2 Å². The minimum Gasteiger partial charge on any atom is -0.498 e. The van der Waals surface area contributed by atoms with E-state index in [9.17, 15) is 0 Å². The van der Waals surface area contributed by atoms with Crippen LogP contribution in [-0.4, -0.2) is 50.0 Å². The van der Waals surface area contributed by atoms with Crippen molar-refractivity contribution in [2.75, 3.05) is 34.0 Å². The zero-order valence-electron chi connectivity index (χ0n) is 19.8. The van der Waals surface area contributed by atoms with Gasteiger partial charge in [0.2, 0.25) is 0 Å². The summed E-state index contributed by atoms with van der Waals surface area (Å²) in [7, 11) is 4.28. The second kappa shape index (κ2) is 8.76. The van der Waals surface area contributed by atoms with E-state index in [1.54, 1.807) is 14.2 Å². The number of hydrogen-bond acceptors (Lipinski definition) is 4. The molecule has 1 fully saturated rings. The number of benzene rings is 1. The smallest absolute Gasteiger partial charge is 0.126 e. The van der Waals surface area contributed by atoms with Gasteiger partial charge in [-0.3, -0.25) is 4.90 Å². The molecule has 0 radical (unpaired) electrons. The Morgan fingerprint density at radius 2 is 2.19 bits per heavy atom. The topological polar surface area (TPSA) is 46.7 Å². The summed E-state index contributed by atoms with van der Waals surface area (Å²) in [5.41, 5.74) is 5.37. The van der Waals surface area contributed by atoms with Gasteiger partial charge in [-0.1, -0.05) is 15.5 Å². The summed E-state index contributed by atoms with van der Waals surface area (Å²) >= 11 is 0. The van der Waals surface area contributed by atoms with Crippen LogP contribution in [0.5, 0.6) is 5.75 Å². The quantitative estimate of drug-likeness (QED) is 0.516. The van der Waals surface area contributed by atoms with Crippen molar-refractivity contribution in [3.63, 3.8) is 0 Å². The van der Waals surface area contributed by atoms with Crippen LogP contribution in [0.1, 0.15) is 44.0 Å². The number of fused-ring (bicyclic) bond motifs is 6. The molecule has 1 N–H and O–H groups in total. The van der Waals surface area contributed by atoms with Gasteiger partial charge in [0.25, 0.3) is 0 Å². The number of H-pyrrole nitrogens is 1. The van der Waals surface area contributed by atoms with Crippen LogP contribution in [-0.2, 0) is 15.9 Å². The highest BCUT2D eigenvalue weighted by atomic mass is 31.1. The lowest BCUT2D eigenvalue weighted by atomic mass is 9.71. The Labute approximate surface area is 193 Å². The lowest BCUT2D eigenvalue weighted by Crippen LogP contribution is -2.50. The number of aromatic nitrogens is 1. The van der Waals surface area contributed by atoms with Crippen molar-refractivity contribution in [3.05, 3.63) is 47.1 Å². The number of nitrogens with zero attached hydrogens (tertiary/aromatic N) is 1. The first kappa shape index (κ1) is 21.9. The second-order valence-corrected chi connectivity index (χ2v) is 10.3. The maximum absolute atomic E-state index is 6.11. The molecule has 32 heavy (non-hydrogen) atoms. The first-order valence-electron chi connectivity index (χ1n) is 11.8. The van der Waals surface area contributed by atoms with Crippen LogP contribution in [0, 0.1) is 11.8 Å². The van der Waals surface area contributed by atoms with Gasteiger partial charge in [0, 0.05) is 46.5 Å². The lowest BCUT2D eigenvalue weighted by molar-refractivity contribution is -0.0244. The summed E-state index contributed by atoms with van der Waals surface area (Å²) in [6.45, 7) is 8.76. The SMILES string of the molecule is CC/C=C(/OC)C1=CO[C@@H](C)C2CN3CCc4c([nH]c5cc(PC)c(OC)cc45)C3CC12. The first-order valence-corrected chi connectivity index (χ1v) is 13.3. The summed E-state index contributed by atoms with van der Waals surface area (Å²) in [5.74, 6) is 2.93. The Bertz CT molecular complexity index is 1070. The zero-order chi connectivity index (χ0) is 22.4. The Morgan fingerprint density at radius 1 is 1.34 bits per heavy atom. The van der Waals surface area contributed by atoms with E-state index >= 15 is 0 Å². The van der Waals surface area contributed by atoms with Gasteiger partial charge >= 0.3 is 0 Å². The Balaban J connectivity index is 1.55. The van der Waals surface area contributed by atoms with Crippen molar-refractivity contribution >= 4 is 24.8 Å². The van der Waals surface area contributed by atoms with E-state index in [-0.39, 0.29) is 6.10 Å². The number of ether oxygens (including phenoxy) is 3. The van der Waals surface area contributed by atoms with Gasteiger partial charge in [0.05, 0.1) is 32.6 Å². The van der Waals surface area contributed by atoms with Crippen molar-refractivity contribution in [3.8, 4) is 5.75 Å². The summed E-state index contributed by atoms with van der Waals surface area (Å²) in [4.78, 5) is 6.52. The Morgan fingerprint density at radius 3 is 2.91 bits per heavy atom. The molecule has 0 bridgehead atoms. The molecular weight excluding hydrogens is 419 g/mol. The molecule has 6 heteroatoms. The second-order valence-electron chi connectivity index (χ2n) is 9.23. The highest BCUT2D eigenvalue weighted by Gasteiger charge is 2.46. The van der Waals surface area contributed by atoms with Crippen LogP contribution in [0.2, 0.25) is 0 Å². The van der Waals surface area contributed by atoms with Gasteiger partial charge in [-0.2, -0.15) is 0 Å². The number of rotatable bonds is 5. The molecule has 4 heterocycles. The standard InChI is InChI=1S/C26H35N2O3P/c1-6-7-23(29-3)20-14-31-15(2)19-13-28-9-8-16-18-11-24(30-4)25(32-5)12-21(18)27-26(16)22(28)10-17(19)20/h7,11-12,14-15,17,19,22,27,32H,6,8-10,13H2,1-5H3/b23-7+/t15-,17?,19?,22?/m0/s1. The predicted molar refractivity (Wildman–Crippen MR) is 132 cm³/mol. The normalized spacial score (nSPS) is 28.2. The molecule has 1 aromatic carbocycles. The van der Waals surface area contributed by atoms with Gasteiger partial charge in [-0.05, 0) is 62.5 Å². The molecule has 5 atom stereocenters. The molecule has 5 rings (SSSR count). The van der Waals surface area contributed by atoms with Crippen LogP contribution < -0.4 is 10.0 Å². The molecule has 0 spiro atoms. The van der Waals surface area contributed by atoms with Crippen molar-refractivity contribution in [1.82, 2.24) is 9.88 Å². The van der Waals surface area contributed by atoms with Crippen LogP contribution in [0.25, 0.3) is 10.9 Å². The maximum Gasteiger partial charge on any atom is 0.126 e. The summed E-state index contributed by atoms with van der Waals surface area (Å²) in [5, 5.41) is 2.62. The van der Waals surface area contributed by atoms with E-state index in [1.807, 2.05) is 6.26 Å². The van der Waals surface area contributed by atoms with Gasteiger partial charge in [0.1, 0.15) is 11.5 Å². The van der Waals surface area contributed by atoms with E-state index in [2.05, 4.69) is 48.6 Å². The summed E-state index contributed by atoms with van der Waals surface area (Å²) in [6.07, 6.45) is 7.51. The molecule has 3 aliphatic heterocycles. The molecule has 2 aromatic rings. The van der Waals surface area contributed by atoms with Crippen LogP contribution >= 0.6 is 8.58 Å². The molecule has 5 nitrogen and oxygen atoms in total. The summed E-state index contributed by atoms with van der Waals surface area (Å²) < 4.78 is 17.6. The third-order valence-electron chi connectivity index (χ3n) is 7.70. The van der Waals surface area contributed by atoms with Crippen LogP contribution in [0.15, 0.2) is 35.8 Å². The maximum atomic E-state index is 6.11. The predicted octanol–water partition coefficient (Wildman–Crippen LogP) is 4.89. The van der Waals surface area contributed by atoms with Crippen molar-refractivity contribution in [1.29, 1.82) is 0 Å². The molecule has 3 aliphatic rings. The molecule has 172 valence electrons. The third kappa shape index (κ3) is 3.45. The third-order valence-corrected chi connectivity index (χ3v) is 8.63. The fourth-order valence-electron chi connectivity index (χ4n) is 6.06. The first-order chi connectivity index (χ1) is 15.6.